The number of amides is 2. The second-order valence-corrected chi connectivity index (χ2v) is 9.49. The summed E-state index contributed by atoms with van der Waals surface area (Å²) >= 11 is 1.32. The van der Waals surface area contributed by atoms with Crippen LogP contribution in [0.4, 0.5) is 8.78 Å². The summed E-state index contributed by atoms with van der Waals surface area (Å²) in [5.41, 5.74) is 1.30. The van der Waals surface area contributed by atoms with Crippen molar-refractivity contribution < 1.29 is 18.4 Å². The molecular formula is C26H32F2N2O2S. The zero-order chi connectivity index (χ0) is 23.6. The topological polar surface area (TPSA) is 49.4 Å². The van der Waals surface area contributed by atoms with Gasteiger partial charge in [-0.05, 0) is 48.6 Å². The SMILES string of the molecule is CCC(C(=O)NC1CCCCC1)N(Cc1ccc(F)cc1)C(=O)CSCc1ccccc1F. The van der Waals surface area contributed by atoms with Crippen LogP contribution in [0.5, 0.6) is 0 Å². The number of nitrogens with zero attached hydrogens (tertiary/aromatic N) is 1. The number of benzene rings is 2. The maximum Gasteiger partial charge on any atom is 0.243 e. The number of nitrogens with one attached hydrogen (secondary N) is 1. The lowest BCUT2D eigenvalue weighted by Gasteiger charge is -2.32. The normalized spacial score (nSPS) is 15.1. The van der Waals surface area contributed by atoms with Crippen LogP contribution in [0.2, 0.25) is 0 Å². The quantitative estimate of drug-likeness (QED) is 0.498. The third kappa shape index (κ3) is 7.56. The highest BCUT2D eigenvalue weighted by atomic mass is 32.2. The summed E-state index contributed by atoms with van der Waals surface area (Å²) in [5.74, 6) is -0.473. The summed E-state index contributed by atoms with van der Waals surface area (Å²) in [7, 11) is 0. The van der Waals surface area contributed by atoms with Gasteiger partial charge in [0.1, 0.15) is 17.7 Å². The van der Waals surface area contributed by atoms with E-state index in [9.17, 15) is 18.4 Å². The molecule has 1 unspecified atom stereocenters. The summed E-state index contributed by atoms with van der Waals surface area (Å²) < 4.78 is 27.3. The van der Waals surface area contributed by atoms with E-state index in [4.69, 9.17) is 0 Å². The lowest BCUT2D eigenvalue weighted by molar-refractivity contribution is -0.139. The first kappa shape index (κ1) is 25.2. The Hall–Kier alpha value is -2.41. The molecule has 1 saturated carbocycles. The van der Waals surface area contributed by atoms with E-state index in [2.05, 4.69) is 5.32 Å². The molecule has 2 aromatic carbocycles. The molecule has 0 radical (unpaired) electrons. The number of halogens is 2. The van der Waals surface area contributed by atoms with E-state index in [1.165, 1.54) is 36.4 Å². The van der Waals surface area contributed by atoms with Gasteiger partial charge in [0.15, 0.2) is 0 Å². The molecule has 178 valence electrons. The highest BCUT2D eigenvalue weighted by molar-refractivity contribution is 7.99. The van der Waals surface area contributed by atoms with Crippen molar-refractivity contribution in [2.24, 2.45) is 0 Å². The molecule has 0 bridgehead atoms. The van der Waals surface area contributed by atoms with Gasteiger partial charge in [-0.2, -0.15) is 0 Å². The number of hydrogen-bond acceptors (Lipinski definition) is 3. The molecule has 0 saturated heterocycles. The minimum Gasteiger partial charge on any atom is -0.352 e. The van der Waals surface area contributed by atoms with Crippen molar-refractivity contribution in [3.63, 3.8) is 0 Å². The predicted octanol–water partition coefficient (Wildman–Crippen LogP) is 5.45. The first-order valence-corrected chi connectivity index (χ1v) is 12.8. The number of hydrogen-bond donors (Lipinski definition) is 1. The van der Waals surface area contributed by atoms with Gasteiger partial charge in [0.25, 0.3) is 0 Å². The summed E-state index contributed by atoms with van der Waals surface area (Å²) in [6.45, 7) is 2.11. The number of carbonyl (C=O) groups excluding carboxylic acids is 2. The van der Waals surface area contributed by atoms with E-state index in [-0.39, 0.29) is 41.8 Å². The fraction of sp³-hybridized carbons (Fsp3) is 0.462. The van der Waals surface area contributed by atoms with E-state index >= 15 is 0 Å². The van der Waals surface area contributed by atoms with Gasteiger partial charge < -0.3 is 10.2 Å². The Morgan fingerprint density at radius 2 is 1.76 bits per heavy atom. The maximum absolute atomic E-state index is 13.9. The zero-order valence-corrected chi connectivity index (χ0v) is 19.9. The van der Waals surface area contributed by atoms with E-state index in [1.54, 1.807) is 35.2 Å². The Morgan fingerprint density at radius 3 is 2.42 bits per heavy atom. The highest BCUT2D eigenvalue weighted by Crippen LogP contribution is 2.21. The van der Waals surface area contributed by atoms with Crippen LogP contribution < -0.4 is 5.32 Å². The molecule has 3 rings (SSSR count). The van der Waals surface area contributed by atoms with Crippen LogP contribution in [0.3, 0.4) is 0 Å². The highest BCUT2D eigenvalue weighted by Gasteiger charge is 2.30. The number of thioether (sulfide) groups is 1. The number of carbonyl (C=O) groups is 2. The summed E-state index contributed by atoms with van der Waals surface area (Å²) in [6, 6.07) is 12.0. The van der Waals surface area contributed by atoms with E-state index < -0.39 is 6.04 Å². The monoisotopic (exact) mass is 474 g/mol. The Labute approximate surface area is 199 Å². The van der Waals surface area contributed by atoms with Crippen molar-refractivity contribution in [1.29, 1.82) is 0 Å². The lowest BCUT2D eigenvalue weighted by atomic mass is 9.95. The maximum atomic E-state index is 13.9. The largest absolute Gasteiger partial charge is 0.352 e. The molecule has 0 spiro atoms. The van der Waals surface area contributed by atoms with Crippen molar-refractivity contribution in [3.05, 3.63) is 71.3 Å². The minimum atomic E-state index is -0.612. The molecule has 1 aliphatic carbocycles. The lowest BCUT2D eigenvalue weighted by Crippen LogP contribution is -2.52. The van der Waals surface area contributed by atoms with Crippen LogP contribution in [0.15, 0.2) is 48.5 Å². The molecule has 7 heteroatoms. The van der Waals surface area contributed by atoms with E-state index in [1.807, 2.05) is 6.92 Å². The van der Waals surface area contributed by atoms with Crippen LogP contribution >= 0.6 is 11.8 Å². The van der Waals surface area contributed by atoms with Gasteiger partial charge in [-0.3, -0.25) is 9.59 Å². The van der Waals surface area contributed by atoms with Gasteiger partial charge in [0.05, 0.1) is 5.75 Å². The summed E-state index contributed by atoms with van der Waals surface area (Å²) in [6.07, 6.45) is 5.81. The van der Waals surface area contributed by atoms with E-state index in [0.29, 0.717) is 17.7 Å². The molecule has 0 aromatic heterocycles. The molecule has 1 atom stereocenters. The van der Waals surface area contributed by atoms with Crippen molar-refractivity contribution in [3.8, 4) is 0 Å². The van der Waals surface area contributed by atoms with Crippen LogP contribution in [0.1, 0.15) is 56.6 Å². The number of rotatable bonds is 10. The smallest absolute Gasteiger partial charge is 0.243 e. The molecule has 1 fully saturated rings. The average Bonchev–Trinajstić information content (AvgIpc) is 2.82. The molecule has 1 N–H and O–H groups in total. The molecule has 33 heavy (non-hydrogen) atoms. The van der Waals surface area contributed by atoms with Gasteiger partial charge in [-0.15, -0.1) is 11.8 Å². The predicted molar refractivity (Wildman–Crippen MR) is 129 cm³/mol. The fourth-order valence-electron chi connectivity index (χ4n) is 4.20. The molecule has 0 aliphatic heterocycles. The van der Waals surface area contributed by atoms with Crippen LogP contribution in [0.25, 0.3) is 0 Å². The van der Waals surface area contributed by atoms with Gasteiger partial charge in [0.2, 0.25) is 11.8 Å². The van der Waals surface area contributed by atoms with Crippen molar-refractivity contribution in [2.75, 3.05) is 5.75 Å². The molecule has 1 aliphatic rings. The molecule has 0 heterocycles. The third-order valence-corrected chi connectivity index (χ3v) is 7.01. The van der Waals surface area contributed by atoms with Crippen LogP contribution in [0, 0.1) is 11.6 Å². The van der Waals surface area contributed by atoms with Gasteiger partial charge >= 0.3 is 0 Å². The Bertz CT molecular complexity index is 917. The summed E-state index contributed by atoms with van der Waals surface area (Å²) in [4.78, 5) is 28.0. The second kappa shape index (κ2) is 12.7. The van der Waals surface area contributed by atoms with Crippen molar-refractivity contribution in [2.45, 2.75) is 69.8 Å². The second-order valence-electron chi connectivity index (χ2n) is 8.50. The Morgan fingerprint density at radius 1 is 1.06 bits per heavy atom. The summed E-state index contributed by atoms with van der Waals surface area (Å²) in [5, 5.41) is 3.14. The van der Waals surface area contributed by atoms with Gasteiger partial charge in [-0.25, -0.2) is 8.78 Å². The van der Waals surface area contributed by atoms with Crippen LogP contribution in [-0.4, -0.2) is 34.6 Å². The first-order valence-electron chi connectivity index (χ1n) is 11.6. The first-order chi connectivity index (χ1) is 16.0. The Kier molecular flexibility index (Phi) is 9.73. The minimum absolute atomic E-state index is 0.128. The zero-order valence-electron chi connectivity index (χ0n) is 19.1. The van der Waals surface area contributed by atoms with Crippen molar-refractivity contribution >= 4 is 23.6 Å². The average molecular weight is 475 g/mol. The molecule has 2 amide bonds. The van der Waals surface area contributed by atoms with Gasteiger partial charge in [0, 0.05) is 18.3 Å². The molecule has 2 aromatic rings. The van der Waals surface area contributed by atoms with Crippen LogP contribution in [-0.2, 0) is 21.9 Å². The van der Waals surface area contributed by atoms with E-state index in [0.717, 1.165) is 31.2 Å². The molecular weight excluding hydrogens is 442 g/mol. The Balaban J connectivity index is 1.70. The van der Waals surface area contributed by atoms with Gasteiger partial charge in [-0.1, -0.05) is 56.5 Å². The van der Waals surface area contributed by atoms with Crippen molar-refractivity contribution in [1.82, 2.24) is 10.2 Å². The molecule has 4 nitrogen and oxygen atoms in total. The standard InChI is InChI=1S/C26H32F2N2O2S/c1-2-24(26(32)29-22-9-4-3-5-10-22)30(16-19-12-14-21(27)15-13-19)25(31)18-33-17-20-8-6-7-11-23(20)28/h6-8,11-15,22,24H,2-5,9-10,16-18H2,1H3,(H,29,32). The fourth-order valence-corrected chi connectivity index (χ4v) is 5.09. The third-order valence-electron chi connectivity index (χ3n) is 6.04.